The fourth-order valence-electron chi connectivity index (χ4n) is 2.11. The van der Waals surface area contributed by atoms with Crippen molar-refractivity contribution in [3.05, 3.63) is 18.2 Å². The second-order valence-electron chi connectivity index (χ2n) is 4.76. The van der Waals surface area contributed by atoms with E-state index >= 15 is 0 Å². The summed E-state index contributed by atoms with van der Waals surface area (Å²) in [5.41, 5.74) is 7.06. The van der Waals surface area contributed by atoms with E-state index in [2.05, 4.69) is 10.6 Å². The van der Waals surface area contributed by atoms with E-state index in [0.29, 0.717) is 18.0 Å². The first kappa shape index (κ1) is 14.9. The van der Waals surface area contributed by atoms with Crippen LogP contribution in [0.2, 0.25) is 0 Å². The Kier molecular flexibility index (Phi) is 5.03. The van der Waals surface area contributed by atoms with Gasteiger partial charge in [-0.3, -0.25) is 9.59 Å². The molecule has 0 aliphatic carbocycles. The van der Waals surface area contributed by atoms with Crippen molar-refractivity contribution in [1.29, 1.82) is 0 Å². The van der Waals surface area contributed by atoms with Gasteiger partial charge in [-0.1, -0.05) is 13.3 Å². The maximum absolute atomic E-state index is 12.1. The number of rotatable bonds is 5. The molecule has 1 aromatic carbocycles. The van der Waals surface area contributed by atoms with E-state index in [1.165, 1.54) is 11.8 Å². The number of amides is 2. The fraction of sp³-hybridized carbons (Fsp3) is 0.429. The van der Waals surface area contributed by atoms with E-state index in [4.69, 9.17) is 5.73 Å². The molecule has 0 radical (unpaired) electrons. The zero-order chi connectivity index (χ0) is 14.5. The second-order valence-corrected chi connectivity index (χ2v) is 5.78. The Hall–Kier alpha value is -1.53. The number of nitrogens with one attached hydrogen (secondary N) is 2. The molecule has 108 valence electrons. The quantitative estimate of drug-likeness (QED) is 0.775. The van der Waals surface area contributed by atoms with E-state index in [-0.39, 0.29) is 17.7 Å². The molecule has 6 heteroatoms. The monoisotopic (exact) mass is 293 g/mol. The van der Waals surface area contributed by atoms with Crippen LogP contribution in [-0.2, 0) is 9.59 Å². The van der Waals surface area contributed by atoms with Crippen LogP contribution in [0.5, 0.6) is 0 Å². The molecule has 2 amide bonds. The highest BCUT2D eigenvalue weighted by atomic mass is 32.2. The lowest BCUT2D eigenvalue weighted by molar-refractivity contribution is -0.119. The van der Waals surface area contributed by atoms with Crippen molar-refractivity contribution in [2.45, 2.75) is 24.7 Å². The van der Waals surface area contributed by atoms with Crippen molar-refractivity contribution >= 4 is 35.0 Å². The number of hydrogen-bond donors (Lipinski definition) is 3. The first-order valence-corrected chi connectivity index (χ1v) is 7.70. The van der Waals surface area contributed by atoms with E-state index in [9.17, 15) is 9.59 Å². The Morgan fingerprint density at radius 1 is 1.55 bits per heavy atom. The Balaban J connectivity index is 2.08. The van der Waals surface area contributed by atoms with Crippen molar-refractivity contribution in [3.63, 3.8) is 0 Å². The van der Waals surface area contributed by atoms with Crippen LogP contribution in [0.3, 0.4) is 0 Å². The first-order chi connectivity index (χ1) is 9.63. The maximum atomic E-state index is 12.1. The number of hydrogen-bond acceptors (Lipinski definition) is 4. The number of fused-ring (bicyclic) bond motifs is 1. The summed E-state index contributed by atoms with van der Waals surface area (Å²) >= 11 is 1.50. The van der Waals surface area contributed by atoms with Crippen molar-refractivity contribution in [3.8, 4) is 0 Å². The summed E-state index contributed by atoms with van der Waals surface area (Å²) in [5.74, 6) is 0.186. The summed E-state index contributed by atoms with van der Waals surface area (Å²) in [5, 5.41) is 5.67. The number of thioether (sulfide) groups is 1. The minimum Gasteiger partial charge on any atom is -0.330 e. The van der Waals surface area contributed by atoms with Gasteiger partial charge in [0.25, 0.3) is 0 Å². The largest absolute Gasteiger partial charge is 0.330 e. The van der Waals surface area contributed by atoms with Crippen LogP contribution in [0.4, 0.5) is 11.4 Å². The minimum atomic E-state index is -0.167. The molecule has 0 bridgehead atoms. The summed E-state index contributed by atoms with van der Waals surface area (Å²) in [6, 6.07) is 5.55. The van der Waals surface area contributed by atoms with Gasteiger partial charge < -0.3 is 16.4 Å². The molecule has 5 nitrogen and oxygen atoms in total. The lowest BCUT2D eigenvalue weighted by atomic mass is 10.0. The highest BCUT2D eigenvalue weighted by Crippen LogP contribution is 2.33. The summed E-state index contributed by atoms with van der Waals surface area (Å²) in [7, 11) is 0. The van der Waals surface area contributed by atoms with Gasteiger partial charge in [0.2, 0.25) is 11.8 Å². The average molecular weight is 293 g/mol. The summed E-state index contributed by atoms with van der Waals surface area (Å²) < 4.78 is 0. The molecule has 1 aliphatic rings. The SMILES string of the molecule is CCCC(CN)C(=O)Nc1ccc2c(c1)NC(=O)CS2. The van der Waals surface area contributed by atoms with Crippen molar-refractivity contribution in [2.75, 3.05) is 22.9 Å². The third kappa shape index (κ3) is 3.52. The molecule has 2 rings (SSSR count). The maximum Gasteiger partial charge on any atom is 0.234 e. The Morgan fingerprint density at radius 2 is 2.35 bits per heavy atom. The van der Waals surface area contributed by atoms with E-state index < -0.39 is 0 Å². The van der Waals surface area contributed by atoms with Gasteiger partial charge in [-0.15, -0.1) is 11.8 Å². The van der Waals surface area contributed by atoms with Crippen LogP contribution in [0, 0.1) is 5.92 Å². The van der Waals surface area contributed by atoms with Crippen LogP contribution >= 0.6 is 11.8 Å². The Labute approximate surface area is 122 Å². The minimum absolute atomic E-state index is 0.0169. The lowest BCUT2D eigenvalue weighted by Gasteiger charge is -2.18. The van der Waals surface area contributed by atoms with Crippen molar-refractivity contribution in [1.82, 2.24) is 0 Å². The van der Waals surface area contributed by atoms with Gasteiger partial charge in [0.1, 0.15) is 0 Å². The third-order valence-electron chi connectivity index (χ3n) is 3.17. The third-order valence-corrected chi connectivity index (χ3v) is 4.25. The van der Waals surface area contributed by atoms with Crippen LogP contribution in [0.1, 0.15) is 19.8 Å². The van der Waals surface area contributed by atoms with Gasteiger partial charge >= 0.3 is 0 Å². The fourth-order valence-corrected chi connectivity index (χ4v) is 2.90. The zero-order valence-electron chi connectivity index (χ0n) is 11.4. The molecule has 1 unspecified atom stereocenters. The van der Waals surface area contributed by atoms with Crippen LogP contribution in [0.15, 0.2) is 23.1 Å². The predicted octanol–water partition coefficient (Wildman–Crippen LogP) is 2.04. The van der Waals surface area contributed by atoms with Crippen LogP contribution in [-0.4, -0.2) is 24.1 Å². The molecular formula is C14H19N3O2S. The Bertz CT molecular complexity index is 519. The zero-order valence-corrected chi connectivity index (χ0v) is 12.3. The smallest absolute Gasteiger partial charge is 0.234 e. The topological polar surface area (TPSA) is 84.2 Å². The molecule has 0 saturated heterocycles. The summed E-state index contributed by atoms with van der Waals surface area (Å²) in [6.07, 6.45) is 1.70. The van der Waals surface area contributed by atoms with Crippen LogP contribution < -0.4 is 16.4 Å². The molecule has 1 aromatic rings. The lowest BCUT2D eigenvalue weighted by Crippen LogP contribution is -2.29. The number of anilines is 2. The standard InChI is InChI=1S/C14H19N3O2S/c1-2-3-9(7-15)14(19)16-10-4-5-12-11(6-10)17-13(18)8-20-12/h4-6,9H,2-3,7-8,15H2,1H3,(H,16,19)(H,17,18). The van der Waals surface area contributed by atoms with E-state index in [1.54, 1.807) is 6.07 Å². The predicted molar refractivity (Wildman–Crippen MR) is 81.9 cm³/mol. The number of carbonyl (C=O) groups is 2. The van der Waals surface area contributed by atoms with Crippen molar-refractivity contribution < 1.29 is 9.59 Å². The number of carbonyl (C=O) groups excluding carboxylic acids is 2. The highest BCUT2D eigenvalue weighted by Gasteiger charge is 2.18. The van der Waals surface area contributed by atoms with Crippen LogP contribution in [0.25, 0.3) is 0 Å². The van der Waals surface area contributed by atoms with Gasteiger partial charge in [0, 0.05) is 17.1 Å². The molecule has 0 spiro atoms. The van der Waals surface area contributed by atoms with Gasteiger partial charge in [-0.05, 0) is 24.6 Å². The van der Waals surface area contributed by atoms with E-state index in [1.807, 2.05) is 19.1 Å². The molecule has 0 aromatic heterocycles. The molecule has 1 atom stereocenters. The van der Waals surface area contributed by atoms with E-state index in [0.717, 1.165) is 23.4 Å². The molecule has 0 saturated carbocycles. The molecule has 1 aliphatic heterocycles. The number of nitrogens with two attached hydrogens (primary N) is 1. The van der Waals surface area contributed by atoms with Gasteiger partial charge in [0.15, 0.2) is 0 Å². The average Bonchev–Trinajstić information content (AvgIpc) is 2.44. The molecule has 1 heterocycles. The molecule has 4 N–H and O–H groups in total. The van der Waals surface area contributed by atoms with Gasteiger partial charge in [0.05, 0.1) is 17.4 Å². The molecule has 0 fully saturated rings. The van der Waals surface area contributed by atoms with Crippen molar-refractivity contribution in [2.24, 2.45) is 11.7 Å². The number of benzene rings is 1. The summed E-state index contributed by atoms with van der Waals surface area (Å²) in [6.45, 7) is 2.37. The molecular weight excluding hydrogens is 274 g/mol. The molecule has 20 heavy (non-hydrogen) atoms. The highest BCUT2D eigenvalue weighted by molar-refractivity contribution is 8.00. The second kappa shape index (κ2) is 6.76. The summed E-state index contributed by atoms with van der Waals surface area (Å²) in [4.78, 5) is 24.5. The Morgan fingerprint density at radius 3 is 3.05 bits per heavy atom. The van der Waals surface area contributed by atoms with Gasteiger partial charge in [-0.25, -0.2) is 0 Å². The normalized spacial score (nSPS) is 15.2. The van der Waals surface area contributed by atoms with Gasteiger partial charge in [-0.2, -0.15) is 0 Å². The first-order valence-electron chi connectivity index (χ1n) is 6.71.